The molecule has 1 fully saturated rings. The van der Waals surface area contributed by atoms with E-state index in [0.29, 0.717) is 6.04 Å². The summed E-state index contributed by atoms with van der Waals surface area (Å²) in [6.07, 6.45) is 8.35. The second-order valence-corrected chi connectivity index (χ2v) is 5.63. The van der Waals surface area contributed by atoms with E-state index in [1.54, 1.807) is 7.11 Å². The van der Waals surface area contributed by atoms with E-state index in [-0.39, 0.29) is 0 Å². The van der Waals surface area contributed by atoms with Gasteiger partial charge in [0.2, 0.25) is 0 Å². The van der Waals surface area contributed by atoms with Crippen molar-refractivity contribution < 1.29 is 4.74 Å². The second kappa shape index (κ2) is 7.54. The first kappa shape index (κ1) is 14.4. The van der Waals surface area contributed by atoms with Gasteiger partial charge in [-0.15, -0.1) is 0 Å². The standard InChI is InChI=1S/C17H27NO/c1-3-18-17(12-14-8-5-4-6-9-14)15-10-7-11-16(13-15)19-2/h7,10-11,13-14,17-18H,3-6,8-9,12H2,1-2H3. The van der Waals surface area contributed by atoms with Crippen LogP contribution in [-0.4, -0.2) is 13.7 Å². The number of hydrogen-bond acceptors (Lipinski definition) is 2. The van der Waals surface area contributed by atoms with Gasteiger partial charge in [0.1, 0.15) is 5.75 Å². The van der Waals surface area contributed by atoms with Gasteiger partial charge in [-0.05, 0) is 36.6 Å². The molecule has 0 amide bonds. The van der Waals surface area contributed by atoms with E-state index in [1.165, 1.54) is 44.1 Å². The molecule has 1 N–H and O–H groups in total. The number of nitrogens with one attached hydrogen (secondary N) is 1. The molecule has 2 rings (SSSR count). The van der Waals surface area contributed by atoms with E-state index < -0.39 is 0 Å². The molecule has 0 bridgehead atoms. The molecule has 1 aliphatic rings. The van der Waals surface area contributed by atoms with E-state index in [4.69, 9.17) is 4.74 Å². The van der Waals surface area contributed by atoms with Crippen molar-refractivity contribution in [1.82, 2.24) is 5.32 Å². The molecule has 2 nitrogen and oxygen atoms in total. The molecule has 0 radical (unpaired) electrons. The van der Waals surface area contributed by atoms with Gasteiger partial charge in [-0.25, -0.2) is 0 Å². The highest BCUT2D eigenvalue weighted by Gasteiger charge is 2.19. The van der Waals surface area contributed by atoms with Crippen LogP contribution in [0.25, 0.3) is 0 Å². The Hall–Kier alpha value is -1.02. The molecule has 19 heavy (non-hydrogen) atoms. The maximum Gasteiger partial charge on any atom is 0.119 e. The lowest BCUT2D eigenvalue weighted by atomic mass is 9.83. The molecular formula is C17H27NO. The van der Waals surface area contributed by atoms with Crippen LogP contribution in [0.15, 0.2) is 24.3 Å². The predicted molar refractivity (Wildman–Crippen MR) is 80.6 cm³/mol. The van der Waals surface area contributed by atoms with Gasteiger partial charge in [0.15, 0.2) is 0 Å². The smallest absolute Gasteiger partial charge is 0.119 e. The number of rotatable bonds is 6. The summed E-state index contributed by atoms with van der Waals surface area (Å²) < 4.78 is 5.35. The maximum absolute atomic E-state index is 5.35. The molecule has 1 atom stereocenters. The van der Waals surface area contributed by atoms with E-state index >= 15 is 0 Å². The third-order valence-electron chi connectivity index (χ3n) is 4.24. The Morgan fingerprint density at radius 2 is 2.05 bits per heavy atom. The summed E-state index contributed by atoms with van der Waals surface area (Å²) in [7, 11) is 1.74. The van der Waals surface area contributed by atoms with Crippen molar-refractivity contribution in [2.45, 2.75) is 51.5 Å². The van der Waals surface area contributed by atoms with Crippen molar-refractivity contribution in [3.8, 4) is 5.75 Å². The van der Waals surface area contributed by atoms with Crippen LogP contribution < -0.4 is 10.1 Å². The summed E-state index contributed by atoms with van der Waals surface area (Å²) in [6.45, 7) is 3.21. The minimum Gasteiger partial charge on any atom is -0.497 e. The summed E-state index contributed by atoms with van der Waals surface area (Å²) in [6, 6.07) is 8.99. The Balaban J connectivity index is 2.04. The van der Waals surface area contributed by atoms with Crippen molar-refractivity contribution >= 4 is 0 Å². The number of methoxy groups -OCH3 is 1. The SMILES string of the molecule is CCNC(CC1CCCCC1)c1cccc(OC)c1. The first-order valence-electron chi connectivity index (χ1n) is 7.70. The van der Waals surface area contributed by atoms with Gasteiger partial charge in [0.25, 0.3) is 0 Å². The first-order chi connectivity index (χ1) is 9.33. The first-order valence-corrected chi connectivity index (χ1v) is 7.70. The fourth-order valence-electron chi connectivity index (χ4n) is 3.20. The Bertz CT molecular complexity index is 371. The average Bonchev–Trinajstić information content (AvgIpc) is 2.48. The van der Waals surface area contributed by atoms with E-state index in [2.05, 4.69) is 30.4 Å². The third kappa shape index (κ3) is 4.24. The van der Waals surface area contributed by atoms with Gasteiger partial charge >= 0.3 is 0 Å². The van der Waals surface area contributed by atoms with Gasteiger partial charge in [-0.3, -0.25) is 0 Å². The summed E-state index contributed by atoms with van der Waals surface area (Å²) in [5.41, 5.74) is 1.37. The lowest BCUT2D eigenvalue weighted by Crippen LogP contribution is -2.24. The van der Waals surface area contributed by atoms with E-state index in [0.717, 1.165) is 18.2 Å². The van der Waals surface area contributed by atoms with E-state index in [1.807, 2.05) is 6.07 Å². The number of ether oxygens (including phenoxy) is 1. The van der Waals surface area contributed by atoms with Crippen LogP contribution in [0.4, 0.5) is 0 Å². The van der Waals surface area contributed by atoms with Crippen molar-refractivity contribution in [1.29, 1.82) is 0 Å². The second-order valence-electron chi connectivity index (χ2n) is 5.63. The van der Waals surface area contributed by atoms with Crippen LogP contribution in [-0.2, 0) is 0 Å². The predicted octanol–water partition coefficient (Wildman–Crippen LogP) is 4.32. The van der Waals surface area contributed by atoms with Crippen molar-refractivity contribution in [2.75, 3.05) is 13.7 Å². The number of benzene rings is 1. The zero-order valence-electron chi connectivity index (χ0n) is 12.3. The van der Waals surface area contributed by atoms with Gasteiger partial charge in [-0.2, -0.15) is 0 Å². The van der Waals surface area contributed by atoms with Crippen LogP contribution in [0.5, 0.6) is 5.75 Å². The van der Waals surface area contributed by atoms with Gasteiger partial charge in [-0.1, -0.05) is 51.2 Å². The normalized spacial score (nSPS) is 18.2. The fraction of sp³-hybridized carbons (Fsp3) is 0.647. The Morgan fingerprint density at radius 1 is 1.26 bits per heavy atom. The summed E-state index contributed by atoms with van der Waals surface area (Å²) in [5, 5.41) is 3.64. The third-order valence-corrected chi connectivity index (χ3v) is 4.24. The zero-order valence-corrected chi connectivity index (χ0v) is 12.3. The topological polar surface area (TPSA) is 21.3 Å². The summed E-state index contributed by atoms with van der Waals surface area (Å²) in [5.74, 6) is 1.85. The molecule has 1 unspecified atom stereocenters. The molecule has 0 spiro atoms. The quantitative estimate of drug-likeness (QED) is 0.823. The summed E-state index contributed by atoms with van der Waals surface area (Å²) >= 11 is 0. The lowest BCUT2D eigenvalue weighted by Gasteiger charge is -2.27. The summed E-state index contributed by atoms with van der Waals surface area (Å²) in [4.78, 5) is 0. The Labute approximate surface area is 117 Å². The molecule has 0 heterocycles. The molecule has 106 valence electrons. The van der Waals surface area contributed by atoms with Crippen molar-refractivity contribution in [3.05, 3.63) is 29.8 Å². The molecule has 1 saturated carbocycles. The Morgan fingerprint density at radius 3 is 2.74 bits per heavy atom. The molecule has 0 saturated heterocycles. The highest BCUT2D eigenvalue weighted by atomic mass is 16.5. The van der Waals surface area contributed by atoms with Crippen LogP contribution >= 0.6 is 0 Å². The lowest BCUT2D eigenvalue weighted by molar-refractivity contribution is 0.301. The molecule has 1 aromatic carbocycles. The largest absolute Gasteiger partial charge is 0.497 e. The van der Waals surface area contributed by atoms with Crippen LogP contribution in [0, 0.1) is 5.92 Å². The fourth-order valence-corrected chi connectivity index (χ4v) is 3.20. The Kier molecular flexibility index (Phi) is 5.71. The van der Waals surface area contributed by atoms with Gasteiger partial charge in [0.05, 0.1) is 7.11 Å². The molecule has 0 aliphatic heterocycles. The number of hydrogen-bond donors (Lipinski definition) is 1. The van der Waals surface area contributed by atoms with Gasteiger partial charge < -0.3 is 10.1 Å². The van der Waals surface area contributed by atoms with Crippen LogP contribution in [0.2, 0.25) is 0 Å². The van der Waals surface area contributed by atoms with Crippen molar-refractivity contribution in [3.63, 3.8) is 0 Å². The average molecular weight is 261 g/mol. The zero-order chi connectivity index (χ0) is 13.5. The minimum absolute atomic E-state index is 0.475. The molecule has 1 aromatic rings. The highest BCUT2D eigenvalue weighted by Crippen LogP contribution is 2.32. The maximum atomic E-state index is 5.35. The van der Waals surface area contributed by atoms with E-state index in [9.17, 15) is 0 Å². The molecule has 2 heteroatoms. The monoisotopic (exact) mass is 261 g/mol. The van der Waals surface area contributed by atoms with Crippen LogP contribution in [0.3, 0.4) is 0 Å². The molecule has 1 aliphatic carbocycles. The van der Waals surface area contributed by atoms with Gasteiger partial charge in [0, 0.05) is 6.04 Å². The highest BCUT2D eigenvalue weighted by molar-refractivity contribution is 5.30. The minimum atomic E-state index is 0.475. The van der Waals surface area contributed by atoms with Crippen molar-refractivity contribution in [2.24, 2.45) is 5.92 Å². The molecule has 0 aromatic heterocycles. The van der Waals surface area contributed by atoms with Crippen LogP contribution in [0.1, 0.15) is 57.1 Å². The molecular weight excluding hydrogens is 234 g/mol.